The Kier molecular flexibility index (Phi) is 4.77. The van der Waals surface area contributed by atoms with Gasteiger partial charge in [-0.25, -0.2) is 0 Å². The topological polar surface area (TPSA) is 43.7 Å². The van der Waals surface area contributed by atoms with Crippen LogP contribution in [0.1, 0.15) is 46.6 Å². The van der Waals surface area contributed by atoms with Crippen LogP contribution in [-0.2, 0) is 5.41 Å². The van der Waals surface area contributed by atoms with E-state index in [1.54, 1.807) is 18.7 Å². The molecule has 2 atom stereocenters. The first kappa shape index (κ1) is 15.0. The van der Waals surface area contributed by atoms with Gasteiger partial charge in [0.25, 0.3) is 0 Å². The molecule has 0 saturated carbocycles. The SMILES string of the molecule is CCC(C)(C)c1ccc(N(C(C)O)C(C)O)cc1. The molecule has 3 nitrogen and oxygen atoms in total. The van der Waals surface area contributed by atoms with Crippen molar-refractivity contribution >= 4 is 5.69 Å². The largest absolute Gasteiger partial charge is 0.374 e. The van der Waals surface area contributed by atoms with Crippen LogP contribution in [0.2, 0.25) is 0 Å². The van der Waals surface area contributed by atoms with Crippen molar-refractivity contribution < 1.29 is 10.2 Å². The van der Waals surface area contributed by atoms with E-state index >= 15 is 0 Å². The van der Waals surface area contributed by atoms with Crippen LogP contribution in [-0.4, -0.2) is 22.7 Å². The van der Waals surface area contributed by atoms with Gasteiger partial charge in [-0.3, -0.25) is 0 Å². The van der Waals surface area contributed by atoms with Gasteiger partial charge in [0, 0.05) is 5.69 Å². The molecule has 0 aliphatic rings. The summed E-state index contributed by atoms with van der Waals surface area (Å²) in [6, 6.07) is 8.03. The quantitative estimate of drug-likeness (QED) is 0.791. The van der Waals surface area contributed by atoms with Crippen molar-refractivity contribution in [2.24, 2.45) is 0 Å². The van der Waals surface area contributed by atoms with Crippen molar-refractivity contribution in [2.75, 3.05) is 4.90 Å². The van der Waals surface area contributed by atoms with Gasteiger partial charge < -0.3 is 15.1 Å². The van der Waals surface area contributed by atoms with Gasteiger partial charge in [-0.1, -0.05) is 32.9 Å². The van der Waals surface area contributed by atoms with E-state index in [9.17, 15) is 10.2 Å². The summed E-state index contributed by atoms with van der Waals surface area (Å²) in [5.41, 5.74) is 2.25. The summed E-state index contributed by atoms with van der Waals surface area (Å²) >= 11 is 0. The molecule has 0 aliphatic carbocycles. The number of aliphatic hydroxyl groups is 2. The molecular formula is C15H25NO2. The number of anilines is 1. The van der Waals surface area contributed by atoms with Crippen LogP contribution in [0.5, 0.6) is 0 Å². The lowest BCUT2D eigenvalue weighted by Crippen LogP contribution is -2.40. The van der Waals surface area contributed by atoms with E-state index in [4.69, 9.17) is 0 Å². The minimum absolute atomic E-state index is 0.152. The molecule has 0 radical (unpaired) electrons. The zero-order valence-electron chi connectivity index (χ0n) is 12.0. The standard InChI is InChI=1S/C15H25NO2/c1-6-15(4,5)13-7-9-14(10-8-13)16(11(2)17)12(3)18/h7-12,17-18H,6H2,1-5H3. The van der Waals surface area contributed by atoms with Crippen LogP contribution in [0.3, 0.4) is 0 Å². The molecular weight excluding hydrogens is 226 g/mol. The minimum Gasteiger partial charge on any atom is -0.374 e. The lowest BCUT2D eigenvalue weighted by molar-refractivity contribution is 0.105. The molecule has 1 aromatic carbocycles. The summed E-state index contributed by atoms with van der Waals surface area (Å²) < 4.78 is 0. The maximum Gasteiger partial charge on any atom is 0.126 e. The van der Waals surface area contributed by atoms with E-state index in [1.807, 2.05) is 12.1 Å². The Balaban J connectivity index is 3.01. The molecule has 0 heterocycles. The lowest BCUT2D eigenvalue weighted by Gasteiger charge is -2.31. The van der Waals surface area contributed by atoms with E-state index in [-0.39, 0.29) is 5.41 Å². The van der Waals surface area contributed by atoms with Crippen molar-refractivity contribution in [1.29, 1.82) is 0 Å². The van der Waals surface area contributed by atoms with Gasteiger partial charge in [-0.15, -0.1) is 0 Å². The second-order valence-electron chi connectivity index (χ2n) is 5.46. The summed E-state index contributed by atoms with van der Waals surface area (Å²) in [5.74, 6) is 0. The highest BCUT2D eigenvalue weighted by Crippen LogP contribution is 2.29. The molecule has 102 valence electrons. The molecule has 2 N–H and O–H groups in total. The molecule has 0 saturated heterocycles. The molecule has 0 fully saturated rings. The minimum atomic E-state index is -0.713. The lowest BCUT2D eigenvalue weighted by atomic mass is 9.82. The molecule has 1 rings (SSSR count). The molecule has 3 heteroatoms. The first-order valence-electron chi connectivity index (χ1n) is 6.54. The smallest absolute Gasteiger partial charge is 0.126 e. The Hall–Kier alpha value is -1.06. The summed E-state index contributed by atoms with van der Waals surface area (Å²) in [7, 11) is 0. The summed E-state index contributed by atoms with van der Waals surface area (Å²) in [5, 5.41) is 19.4. The van der Waals surface area contributed by atoms with Crippen LogP contribution in [0.25, 0.3) is 0 Å². The monoisotopic (exact) mass is 251 g/mol. The van der Waals surface area contributed by atoms with Gasteiger partial charge in [-0.05, 0) is 43.4 Å². The first-order chi connectivity index (χ1) is 8.29. The van der Waals surface area contributed by atoms with Crippen LogP contribution in [0.15, 0.2) is 24.3 Å². The second-order valence-corrected chi connectivity index (χ2v) is 5.46. The molecule has 2 unspecified atom stereocenters. The zero-order chi connectivity index (χ0) is 13.9. The number of rotatable bonds is 5. The highest BCUT2D eigenvalue weighted by molar-refractivity contribution is 5.49. The summed E-state index contributed by atoms with van der Waals surface area (Å²) in [6.45, 7) is 9.89. The van der Waals surface area contributed by atoms with Crippen LogP contribution < -0.4 is 4.90 Å². The Morgan fingerprint density at radius 1 is 1.06 bits per heavy atom. The van der Waals surface area contributed by atoms with Gasteiger partial charge in [0.2, 0.25) is 0 Å². The van der Waals surface area contributed by atoms with Crippen LogP contribution >= 0.6 is 0 Å². The maximum absolute atomic E-state index is 9.68. The Bertz CT molecular complexity index is 361. The third-order valence-corrected chi connectivity index (χ3v) is 3.64. The number of aliphatic hydroxyl groups excluding tert-OH is 2. The van der Waals surface area contributed by atoms with Gasteiger partial charge in [0.1, 0.15) is 12.5 Å². The fourth-order valence-electron chi connectivity index (χ4n) is 2.03. The molecule has 0 amide bonds. The van der Waals surface area contributed by atoms with Crippen molar-refractivity contribution in [3.8, 4) is 0 Å². The van der Waals surface area contributed by atoms with Crippen molar-refractivity contribution in [2.45, 2.75) is 58.9 Å². The van der Waals surface area contributed by atoms with Gasteiger partial charge in [0.15, 0.2) is 0 Å². The normalized spacial score (nSPS) is 15.3. The Morgan fingerprint density at radius 2 is 1.50 bits per heavy atom. The van der Waals surface area contributed by atoms with E-state index < -0.39 is 12.5 Å². The van der Waals surface area contributed by atoms with Crippen molar-refractivity contribution in [3.63, 3.8) is 0 Å². The molecule has 0 aromatic heterocycles. The predicted octanol–water partition coefficient (Wildman–Crippen LogP) is 2.86. The van der Waals surface area contributed by atoms with E-state index in [0.717, 1.165) is 12.1 Å². The second kappa shape index (κ2) is 5.72. The first-order valence-corrected chi connectivity index (χ1v) is 6.54. The van der Waals surface area contributed by atoms with Crippen LogP contribution in [0.4, 0.5) is 5.69 Å². The number of hydrogen-bond donors (Lipinski definition) is 2. The van der Waals surface area contributed by atoms with E-state index in [1.165, 1.54) is 5.56 Å². The van der Waals surface area contributed by atoms with Crippen molar-refractivity contribution in [3.05, 3.63) is 29.8 Å². The summed E-state index contributed by atoms with van der Waals surface area (Å²) in [4.78, 5) is 1.57. The molecule has 0 bridgehead atoms. The molecule has 1 aromatic rings. The Labute approximate surface area is 110 Å². The average Bonchev–Trinajstić information content (AvgIpc) is 2.29. The van der Waals surface area contributed by atoms with E-state index in [2.05, 4.69) is 32.9 Å². The highest BCUT2D eigenvalue weighted by atomic mass is 16.3. The Morgan fingerprint density at radius 3 is 1.83 bits per heavy atom. The zero-order valence-corrected chi connectivity index (χ0v) is 12.0. The molecule has 0 spiro atoms. The fourth-order valence-corrected chi connectivity index (χ4v) is 2.03. The maximum atomic E-state index is 9.68. The third kappa shape index (κ3) is 3.24. The third-order valence-electron chi connectivity index (χ3n) is 3.64. The van der Waals surface area contributed by atoms with Gasteiger partial charge >= 0.3 is 0 Å². The average molecular weight is 251 g/mol. The van der Waals surface area contributed by atoms with E-state index in [0.29, 0.717) is 0 Å². The summed E-state index contributed by atoms with van der Waals surface area (Å²) in [6.07, 6.45) is -0.354. The predicted molar refractivity (Wildman–Crippen MR) is 75.6 cm³/mol. The number of nitrogens with zero attached hydrogens (tertiary/aromatic N) is 1. The van der Waals surface area contributed by atoms with Crippen LogP contribution in [0, 0.1) is 0 Å². The molecule has 0 aliphatic heterocycles. The number of hydrogen-bond acceptors (Lipinski definition) is 3. The number of benzene rings is 1. The van der Waals surface area contributed by atoms with Gasteiger partial charge in [0.05, 0.1) is 0 Å². The van der Waals surface area contributed by atoms with Crippen molar-refractivity contribution in [1.82, 2.24) is 0 Å². The fraction of sp³-hybridized carbons (Fsp3) is 0.600. The molecule has 18 heavy (non-hydrogen) atoms. The van der Waals surface area contributed by atoms with Gasteiger partial charge in [-0.2, -0.15) is 0 Å². The highest BCUT2D eigenvalue weighted by Gasteiger charge is 2.20.